The molecule has 32 heavy (non-hydrogen) atoms. The lowest BCUT2D eigenvalue weighted by molar-refractivity contribution is 0.0730. The van der Waals surface area contributed by atoms with Gasteiger partial charge in [0.05, 0.1) is 41.5 Å². The molecule has 1 fully saturated rings. The smallest absolute Gasteiger partial charge is 0.260 e. The maximum atomic E-state index is 13.6. The number of hydrogen-bond donors (Lipinski definition) is 0. The van der Waals surface area contributed by atoms with Crippen LogP contribution in [-0.2, 0) is 19.5 Å². The topological polar surface area (TPSA) is 89.0 Å². The van der Waals surface area contributed by atoms with E-state index in [0.29, 0.717) is 55.7 Å². The molecule has 1 aliphatic heterocycles. The predicted octanol–water partition coefficient (Wildman–Crippen LogP) is 2.92. The highest BCUT2D eigenvalue weighted by atomic mass is 32.2. The summed E-state index contributed by atoms with van der Waals surface area (Å²) in [7, 11) is -2.15. The van der Waals surface area contributed by atoms with Gasteiger partial charge in [-0.2, -0.15) is 4.31 Å². The third-order valence-electron chi connectivity index (χ3n) is 5.32. The first-order chi connectivity index (χ1) is 15.4. The fourth-order valence-corrected chi connectivity index (χ4v) is 5.94. The molecule has 1 aliphatic rings. The third kappa shape index (κ3) is 4.55. The van der Waals surface area contributed by atoms with Crippen molar-refractivity contribution in [2.24, 2.45) is 0 Å². The first kappa shape index (κ1) is 22.8. The third-order valence-corrected chi connectivity index (χ3v) is 8.28. The second-order valence-electron chi connectivity index (χ2n) is 7.41. The van der Waals surface area contributed by atoms with Gasteiger partial charge in [0.15, 0.2) is 5.13 Å². The molecule has 0 aliphatic carbocycles. The van der Waals surface area contributed by atoms with Crippen LogP contribution in [0.5, 0.6) is 0 Å². The summed E-state index contributed by atoms with van der Waals surface area (Å²) in [6.07, 6.45) is 0. The highest BCUT2D eigenvalue weighted by Gasteiger charge is 2.29. The van der Waals surface area contributed by atoms with Crippen LogP contribution in [0.4, 0.5) is 5.13 Å². The monoisotopic (exact) mass is 475 g/mol. The minimum atomic E-state index is -3.72. The van der Waals surface area contributed by atoms with Crippen LogP contribution in [0.15, 0.2) is 47.4 Å². The van der Waals surface area contributed by atoms with Gasteiger partial charge in [0.1, 0.15) is 0 Å². The molecule has 0 saturated carbocycles. The molecular formula is C22H25N3O5S2. The van der Waals surface area contributed by atoms with E-state index in [4.69, 9.17) is 9.47 Å². The Labute approximate surface area is 191 Å². The van der Waals surface area contributed by atoms with Gasteiger partial charge in [-0.3, -0.25) is 9.69 Å². The molecular weight excluding hydrogens is 450 g/mol. The Balaban J connectivity index is 1.71. The summed E-state index contributed by atoms with van der Waals surface area (Å²) in [4.78, 5) is 19.9. The number of hydrogen-bond acceptors (Lipinski definition) is 7. The van der Waals surface area contributed by atoms with Crippen LogP contribution >= 0.6 is 11.3 Å². The summed E-state index contributed by atoms with van der Waals surface area (Å²) in [5.41, 5.74) is 1.83. The van der Waals surface area contributed by atoms with Gasteiger partial charge in [0.2, 0.25) is 10.0 Å². The van der Waals surface area contributed by atoms with Crippen molar-refractivity contribution in [2.45, 2.75) is 11.8 Å². The first-order valence-electron chi connectivity index (χ1n) is 10.3. The Morgan fingerprint density at radius 1 is 1.22 bits per heavy atom. The number of sulfonamides is 1. The Morgan fingerprint density at radius 3 is 2.69 bits per heavy atom. The van der Waals surface area contributed by atoms with Gasteiger partial charge >= 0.3 is 0 Å². The maximum absolute atomic E-state index is 13.6. The Kier molecular flexibility index (Phi) is 6.87. The molecule has 0 atom stereocenters. The molecule has 8 nitrogen and oxygen atoms in total. The van der Waals surface area contributed by atoms with Gasteiger partial charge in [-0.05, 0) is 36.8 Å². The fraction of sp³-hybridized carbons (Fsp3) is 0.364. The predicted molar refractivity (Wildman–Crippen MR) is 124 cm³/mol. The molecule has 1 saturated heterocycles. The van der Waals surface area contributed by atoms with Crippen molar-refractivity contribution in [3.8, 4) is 0 Å². The van der Waals surface area contributed by atoms with Crippen LogP contribution in [0.1, 0.15) is 15.9 Å². The van der Waals surface area contributed by atoms with Crippen LogP contribution in [0.25, 0.3) is 10.2 Å². The van der Waals surface area contributed by atoms with Crippen LogP contribution in [-0.4, -0.2) is 70.2 Å². The number of aromatic nitrogens is 1. The van der Waals surface area contributed by atoms with Crippen LogP contribution in [0.3, 0.4) is 0 Å². The number of ether oxygens (including phenoxy) is 2. The van der Waals surface area contributed by atoms with Crippen LogP contribution < -0.4 is 4.90 Å². The number of amides is 1. The molecule has 0 bridgehead atoms. The highest BCUT2D eigenvalue weighted by molar-refractivity contribution is 7.89. The summed E-state index contributed by atoms with van der Waals surface area (Å²) in [5, 5.41) is 0.550. The lowest BCUT2D eigenvalue weighted by Gasteiger charge is -2.26. The largest absolute Gasteiger partial charge is 0.383 e. The van der Waals surface area contributed by atoms with Crippen molar-refractivity contribution < 1.29 is 22.7 Å². The Bertz CT molecular complexity index is 1190. The summed E-state index contributed by atoms with van der Waals surface area (Å²) >= 11 is 1.42. The lowest BCUT2D eigenvalue weighted by atomic mass is 10.1. The zero-order chi connectivity index (χ0) is 22.7. The molecule has 2 heterocycles. The molecule has 3 aromatic rings. The van der Waals surface area contributed by atoms with Crippen LogP contribution in [0, 0.1) is 6.92 Å². The van der Waals surface area contributed by atoms with Crippen molar-refractivity contribution in [1.82, 2.24) is 9.29 Å². The number of rotatable bonds is 7. The van der Waals surface area contributed by atoms with Crippen molar-refractivity contribution in [3.63, 3.8) is 0 Å². The van der Waals surface area contributed by atoms with E-state index in [-0.39, 0.29) is 10.8 Å². The number of benzene rings is 2. The van der Waals surface area contributed by atoms with E-state index in [0.717, 1.165) is 10.2 Å². The number of carbonyl (C=O) groups is 1. The second kappa shape index (κ2) is 9.63. The minimum absolute atomic E-state index is 0.101. The number of morpholine rings is 1. The Morgan fingerprint density at radius 2 is 1.97 bits per heavy atom. The van der Waals surface area contributed by atoms with Crippen molar-refractivity contribution >= 4 is 42.6 Å². The molecule has 0 N–H and O–H groups in total. The van der Waals surface area contributed by atoms with Gasteiger partial charge in [-0.1, -0.05) is 29.5 Å². The van der Waals surface area contributed by atoms with Gasteiger partial charge in [-0.25, -0.2) is 13.4 Å². The number of anilines is 1. The maximum Gasteiger partial charge on any atom is 0.260 e. The molecule has 0 radical (unpaired) electrons. The quantitative estimate of drug-likeness (QED) is 0.522. The number of fused-ring (bicyclic) bond motifs is 1. The zero-order valence-electron chi connectivity index (χ0n) is 18.0. The molecule has 0 unspecified atom stereocenters. The number of thiazole rings is 1. The summed E-state index contributed by atoms with van der Waals surface area (Å²) in [5.74, 6) is -0.308. The van der Waals surface area contributed by atoms with Gasteiger partial charge in [0, 0.05) is 25.8 Å². The normalized spacial score (nSPS) is 15.2. The number of para-hydroxylation sites is 1. The highest BCUT2D eigenvalue weighted by Crippen LogP contribution is 2.30. The minimum Gasteiger partial charge on any atom is -0.383 e. The zero-order valence-corrected chi connectivity index (χ0v) is 19.6. The van der Waals surface area contributed by atoms with Gasteiger partial charge in [-0.15, -0.1) is 0 Å². The molecule has 4 rings (SSSR count). The molecule has 0 spiro atoms. The molecule has 10 heteroatoms. The van der Waals surface area contributed by atoms with Gasteiger partial charge in [0.25, 0.3) is 5.91 Å². The van der Waals surface area contributed by atoms with Crippen molar-refractivity contribution in [2.75, 3.05) is 51.5 Å². The summed E-state index contributed by atoms with van der Waals surface area (Å²) in [6.45, 7) is 3.74. The Hall–Kier alpha value is -2.37. The molecule has 1 aromatic heterocycles. The number of nitrogens with zero attached hydrogens (tertiary/aromatic N) is 3. The standard InChI is InChI=1S/C22H25N3O5S2/c1-16-7-8-17(32(27,28)24-9-13-30-14-10-24)15-18(16)21(26)25(11-12-29-2)22-23-19-5-3-4-6-20(19)31-22/h3-8,15H,9-14H2,1-2H3. The van der Waals surface area contributed by atoms with E-state index < -0.39 is 10.0 Å². The van der Waals surface area contributed by atoms with Crippen molar-refractivity contribution in [1.29, 1.82) is 0 Å². The van der Waals surface area contributed by atoms with E-state index in [9.17, 15) is 13.2 Å². The number of aryl methyl sites for hydroxylation is 1. The summed E-state index contributed by atoms with van der Waals surface area (Å²) in [6, 6.07) is 12.4. The van der Waals surface area contributed by atoms with E-state index >= 15 is 0 Å². The van der Waals surface area contributed by atoms with E-state index in [1.165, 1.54) is 21.7 Å². The molecule has 2 aromatic carbocycles. The summed E-state index contributed by atoms with van der Waals surface area (Å²) < 4.78 is 39.1. The number of carbonyl (C=O) groups excluding carboxylic acids is 1. The van der Waals surface area contributed by atoms with E-state index in [1.54, 1.807) is 31.1 Å². The average Bonchev–Trinajstić information content (AvgIpc) is 3.24. The SMILES string of the molecule is COCCN(C(=O)c1cc(S(=O)(=O)N2CCOCC2)ccc1C)c1nc2ccccc2s1. The van der Waals surface area contributed by atoms with Gasteiger partial charge < -0.3 is 9.47 Å². The van der Waals surface area contributed by atoms with Crippen molar-refractivity contribution in [3.05, 3.63) is 53.6 Å². The van der Waals surface area contributed by atoms with Crippen LogP contribution in [0.2, 0.25) is 0 Å². The van der Waals surface area contributed by atoms with E-state index in [2.05, 4.69) is 4.98 Å². The fourth-order valence-electron chi connectivity index (χ4n) is 3.52. The molecule has 1 amide bonds. The lowest BCUT2D eigenvalue weighted by Crippen LogP contribution is -2.40. The molecule has 170 valence electrons. The number of methoxy groups -OCH3 is 1. The average molecular weight is 476 g/mol. The van der Waals surface area contributed by atoms with E-state index in [1.807, 2.05) is 24.3 Å². The second-order valence-corrected chi connectivity index (χ2v) is 10.4. The first-order valence-corrected chi connectivity index (χ1v) is 12.5.